The summed E-state index contributed by atoms with van der Waals surface area (Å²) in [7, 11) is 0. The van der Waals surface area contributed by atoms with Crippen LogP contribution in [0.15, 0.2) is 0 Å². The van der Waals surface area contributed by atoms with Gasteiger partial charge in [-0.15, -0.1) is 0 Å². The molecule has 0 saturated carbocycles. The standard InChI is InChI=1S/C13H21NO11/c1-4(17)7-10(21)8(14-6(19)3-16)11(9(20)5(18)2-15)25-13(7,24)12(22)23/h5,7-11,15-16,18,20-21,24H,2-3H2,1H3,(H,14,19)(H,22,23)/t5-,7?,8-,9-,10+,11-,13?/m1/s1. The second-order valence-corrected chi connectivity index (χ2v) is 5.65. The quantitative estimate of drug-likeness (QED) is 0.213. The van der Waals surface area contributed by atoms with E-state index in [-0.39, 0.29) is 0 Å². The number of aliphatic hydroxyl groups is 6. The van der Waals surface area contributed by atoms with E-state index in [2.05, 4.69) is 0 Å². The van der Waals surface area contributed by atoms with Crippen LogP contribution in [0.1, 0.15) is 6.92 Å². The molecule has 0 bridgehead atoms. The van der Waals surface area contributed by atoms with Gasteiger partial charge in [0.05, 0.1) is 18.8 Å². The Morgan fingerprint density at radius 3 is 2.20 bits per heavy atom. The van der Waals surface area contributed by atoms with Gasteiger partial charge >= 0.3 is 5.97 Å². The fourth-order valence-electron chi connectivity index (χ4n) is 2.69. The summed E-state index contributed by atoms with van der Waals surface area (Å²) >= 11 is 0. The number of nitrogens with one attached hydrogen (secondary N) is 1. The van der Waals surface area contributed by atoms with Crippen molar-refractivity contribution >= 4 is 17.7 Å². The lowest BCUT2D eigenvalue weighted by Gasteiger charge is -2.48. The Hall–Kier alpha value is -1.67. The van der Waals surface area contributed by atoms with E-state index >= 15 is 0 Å². The second kappa shape index (κ2) is 8.14. The van der Waals surface area contributed by atoms with Crippen molar-refractivity contribution in [3.05, 3.63) is 0 Å². The average Bonchev–Trinajstić information content (AvgIpc) is 2.54. The number of ether oxygens (including phenoxy) is 1. The van der Waals surface area contributed by atoms with Crippen LogP contribution in [0, 0.1) is 5.92 Å². The van der Waals surface area contributed by atoms with Gasteiger partial charge in [-0.1, -0.05) is 0 Å². The highest BCUT2D eigenvalue weighted by molar-refractivity contribution is 5.89. The van der Waals surface area contributed by atoms with Crippen LogP contribution in [-0.4, -0.2) is 103 Å². The number of hydrogen-bond acceptors (Lipinski definition) is 10. The first kappa shape index (κ1) is 21.4. The number of carboxylic acids is 1. The summed E-state index contributed by atoms with van der Waals surface area (Å²) in [6, 6.07) is -1.68. The van der Waals surface area contributed by atoms with E-state index < -0.39 is 73.0 Å². The fourth-order valence-corrected chi connectivity index (χ4v) is 2.69. The summed E-state index contributed by atoms with van der Waals surface area (Å²) in [6.45, 7) is -1.16. The summed E-state index contributed by atoms with van der Waals surface area (Å²) in [5.74, 6) is -9.40. The molecule has 0 aromatic heterocycles. The summed E-state index contributed by atoms with van der Waals surface area (Å²) < 4.78 is 4.88. The zero-order valence-corrected chi connectivity index (χ0v) is 13.1. The number of carbonyl (C=O) groups is 3. The minimum Gasteiger partial charge on any atom is -0.477 e. The molecule has 7 atom stereocenters. The third kappa shape index (κ3) is 4.12. The number of ketones is 1. The van der Waals surface area contributed by atoms with Gasteiger partial charge in [-0.05, 0) is 6.92 Å². The molecule has 8 N–H and O–H groups in total. The third-order valence-corrected chi connectivity index (χ3v) is 3.93. The van der Waals surface area contributed by atoms with Crippen LogP contribution < -0.4 is 5.32 Å². The maximum absolute atomic E-state index is 11.7. The molecule has 12 heteroatoms. The SMILES string of the molecule is CC(=O)C1[C@H](O)[C@@H](NC(=O)CO)[C@H]([C@H](O)[C@H](O)CO)OC1(O)C(=O)O. The highest BCUT2D eigenvalue weighted by Gasteiger charge is 2.62. The third-order valence-electron chi connectivity index (χ3n) is 3.93. The predicted molar refractivity (Wildman–Crippen MR) is 75.8 cm³/mol. The van der Waals surface area contributed by atoms with Crippen LogP contribution >= 0.6 is 0 Å². The molecule has 1 fully saturated rings. The van der Waals surface area contributed by atoms with Crippen molar-refractivity contribution < 1.29 is 54.9 Å². The lowest BCUT2D eigenvalue weighted by molar-refractivity contribution is -0.313. The Bertz CT molecular complexity index is 526. The van der Waals surface area contributed by atoms with E-state index in [4.69, 9.17) is 14.9 Å². The highest BCUT2D eigenvalue weighted by atomic mass is 16.7. The van der Waals surface area contributed by atoms with Gasteiger partial charge in [0.1, 0.15) is 36.6 Å². The molecular formula is C13H21NO11. The van der Waals surface area contributed by atoms with Gasteiger partial charge in [-0.2, -0.15) is 0 Å². The zero-order valence-electron chi connectivity index (χ0n) is 13.1. The topological polar surface area (TPSA) is 214 Å². The van der Waals surface area contributed by atoms with Crippen molar-refractivity contribution in [2.75, 3.05) is 13.2 Å². The van der Waals surface area contributed by atoms with Gasteiger partial charge in [0.25, 0.3) is 5.79 Å². The Labute approximate surface area is 141 Å². The number of aliphatic carboxylic acids is 1. The van der Waals surface area contributed by atoms with Crippen LogP contribution in [0.3, 0.4) is 0 Å². The summed E-state index contributed by atoms with van der Waals surface area (Å²) in [6.07, 6.45) is -7.90. The van der Waals surface area contributed by atoms with E-state index in [1.54, 1.807) is 0 Å². The maximum Gasteiger partial charge on any atom is 0.365 e. The van der Waals surface area contributed by atoms with Crippen LogP contribution in [0.2, 0.25) is 0 Å². The first-order valence-electron chi connectivity index (χ1n) is 7.20. The molecule has 1 aliphatic heterocycles. The molecule has 1 heterocycles. The summed E-state index contributed by atoms with van der Waals surface area (Å²) in [4.78, 5) is 34.5. The Kier molecular flexibility index (Phi) is 6.96. The van der Waals surface area contributed by atoms with Crippen molar-refractivity contribution in [1.29, 1.82) is 0 Å². The second-order valence-electron chi connectivity index (χ2n) is 5.65. The molecule has 1 amide bonds. The van der Waals surface area contributed by atoms with E-state index in [1.165, 1.54) is 0 Å². The van der Waals surface area contributed by atoms with Crippen LogP contribution in [0.25, 0.3) is 0 Å². The minimum atomic E-state index is -3.26. The number of carbonyl (C=O) groups excluding carboxylic acids is 2. The van der Waals surface area contributed by atoms with Crippen molar-refractivity contribution in [2.24, 2.45) is 5.92 Å². The van der Waals surface area contributed by atoms with E-state index in [1.807, 2.05) is 5.32 Å². The highest BCUT2D eigenvalue weighted by Crippen LogP contribution is 2.36. The molecule has 2 unspecified atom stereocenters. The van der Waals surface area contributed by atoms with Crippen LogP contribution in [-0.2, 0) is 19.1 Å². The lowest BCUT2D eigenvalue weighted by atomic mass is 9.78. The summed E-state index contributed by atoms with van der Waals surface area (Å²) in [5.41, 5.74) is 0. The number of hydrogen-bond donors (Lipinski definition) is 8. The smallest absolute Gasteiger partial charge is 0.365 e. The monoisotopic (exact) mass is 367 g/mol. The molecular weight excluding hydrogens is 346 g/mol. The first-order valence-corrected chi connectivity index (χ1v) is 7.20. The average molecular weight is 367 g/mol. The van der Waals surface area contributed by atoms with Crippen LogP contribution in [0.5, 0.6) is 0 Å². The van der Waals surface area contributed by atoms with E-state index in [0.717, 1.165) is 6.92 Å². The number of rotatable bonds is 7. The van der Waals surface area contributed by atoms with Gasteiger partial charge in [0.2, 0.25) is 5.91 Å². The van der Waals surface area contributed by atoms with Gasteiger partial charge < -0.3 is 45.8 Å². The van der Waals surface area contributed by atoms with Crippen molar-refractivity contribution in [3.63, 3.8) is 0 Å². The Morgan fingerprint density at radius 1 is 1.24 bits per heavy atom. The molecule has 12 nitrogen and oxygen atoms in total. The Morgan fingerprint density at radius 2 is 1.80 bits per heavy atom. The number of carboxylic acid groups (broad SMARTS) is 1. The predicted octanol–water partition coefficient (Wildman–Crippen LogP) is -5.08. The number of Topliss-reactive ketones (excluding diaryl/α,β-unsaturated/α-hetero) is 1. The number of amides is 1. The molecule has 0 radical (unpaired) electrons. The van der Waals surface area contributed by atoms with Crippen molar-refractivity contribution in [2.45, 2.75) is 43.2 Å². The lowest BCUT2D eigenvalue weighted by Crippen LogP contribution is -2.72. The van der Waals surface area contributed by atoms with Crippen molar-refractivity contribution in [3.8, 4) is 0 Å². The van der Waals surface area contributed by atoms with Gasteiger partial charge in [0, 0.05) is 0 Å². The molecule has 0 aromatic rings. The van der Waals surface area contributed by atoms with E-state index in [0.29, 0.717) is 0 Å². The van der Waals surface area contributed by atoms with Crippen molar-refractivity contribution in [1.82, 2.24) is 5.32 Å². The number of aliphatic hydroxyl groups excluding tert-OH is 5. The molecule has 0 aliphatic carbocycles. The Balaban J connectivity index is 3.37. The minimum absolute atomic E-state index is 0.870. The van der Waals surface area contributed by atoms with Crippen LogP contribution in [0.4, 0.5) is 0 Å². The molecule has 0 spiro atoms. The fraction of sp³-hybridized carbons (Fsp3) is 0.769. The summed E-state index contributed by atoms with van der Waals surface area (Å²) in [5, 5.41) is 69.0. The largest absolute Gasteiger partial charge is 0.477 e. The van der Waals surface area contributed by atoms with Gasteiger partial charge in [-0.3, -0.25) is 9.59 Å². The molecule has 0 aromatic carbocycles. The molecule has 144 valence electrons. The molecule has 25 heavy (non-hydrogen) atoms. The zero-order chi connectivity index (χ0) is 19.5. The molecule has 1 saturated heterocycles. The molecule has 1 rings (SSSR count). The first-order chi connectivity index (χ1) is 11.5. The van der Waals surface area contributed by atoms with Gasteiger partial charge in [-0.25, -0.2) is 4.79 Å². The maximum atomic E-state index is 11.7. The van der Waals surface area contributed by atoms with Gasteiger partial charge in [0.15, 0.2) is 0 Å². The normalized spacial score (nSPS) is 34.8. The van der Waals surface area contributed by atoms with E-state index in [9.17, 15) is 39.9 Å². The molecule has 1 aliphatic rings.